The maximum absolute atomic E-state index is 10.5. The lowest BCUT2D eigenvalue weighted by atomic mass is 10.2. The Bertz CT molecular complexity index is 291. The molecule has 0 bridgehead atoms. The molecule has 0 aromatic heterocycles. The van der Waals surface area contributed by atoms with Crippen LogP contribution in [0.3, 0.4) is 0 Å². The Morgan fingerprint density at radius 3 is 3.27 bits per heavy atom. The number of hydrogen-bond acceptors (Lipinski definition) is 2. The van der Waals surface area contributed by atoms with Crippen LogP contribution in [0.25, 0.3) is 0 Å². The van der Waals surface area contributed by atoms with Gasteiger partial charge in [-0.25, -0.2) is 4.79 Å². The zero-order valence-corrected chi connectivity index (χ0v) is 5.64. The molecule has 0 radical (unpaired) electrons. The second kappa shape index (κ2) is 1.95. The molecular formula is C7H6N2O2. The van der Waals surface area contributed by atoms with Crippen molar-refractivity contribution in [2.75, 3.05) is 0 Å². The average molecular weight is 150 g/mol. The molecule has 0 spiro atoms. The summed E-state index contributed by atoms with van der Waals surface area (Å²) in [7, 11) is 0. The van der Waals surface area contributed by atoms with Crippen molar-refractivity contribution in [3.05, 3.63) is 23.8 Å². The topological polar surface area (TPSA) is 52.9 Å². The summed E-state index contributed by atoms with van der Waals surface area (Å²) >= 11 is 0. The van der Waals surface area contributed by atoms with Gasteiger partial charge in [-0.1, -0.05) is 18.2 Å². The number of hydrogen-bond donors (Lipinski definition) is 1. The molecule has 1 N–H and O–H groups in total. The van der Waals surface area contributed by atoms with E-state index in [1.807, 2.05) is 12.2 Å². The van der Waals surface area contributed by atoms with Crippen molar-refractivity contribution in [3.8, 4) is 0 Å². The molecule has 1 amide bonds. The number of allylic oxidation sites excluding steroid dienone is 2. The smallest absolute Gasteiger partial charge is 0.428 e. The van der Waals surface area contributed by atoms with Gasteiger partial charge in [0.1, 0.15) is 6.04 Å². The Labute approximate surface area is 63.1 Å². The molecule has 0 fully saturated rings. The van der Waals surface area contributed by atoms with Crippen LogP contribution in [0.1, 0.15) is 0 Å². The molecule has 0 aromatic rings. The quantitative estimate of drug-likeness (QED) is 0.556. The zero-order chi connectivity index (χ0) is 7.84. The maximum atomic E-state index is 10.5. The van der Waals surface area contributed by atoms with E-state index in [-0.39, 0.29) is 6.04 Å². The minimum atomic E-state index is -1.01. The lowest BCUT2D eigenvalue weighted by Crippen LogP contribution is -2.29. The standard InChI is InChI=1S/C7H6N2O2/c10-7(11)9-6-3-1-2-5(6)4-8-9/h1-4,6H,(H,10,11). The largest absolute Gasteiger partial charge is 0.464 e. The first-order chi connectivity index (χ1) is 5.29. The Morgan fingerprint density at radius 1 is 1.73 bits per heavy atom. The minimum absolute atomic E-state index is 0.174. The Balaban J connectivity index is 2.30. The normalized spacial score (nSPS) is 25.6. The number of amides is 1. The summed E-state index contributed by atoms with van der Waals surface area (Å²) in [6.45, 7) is 0. The van der Waals surface area contributed by atoms with E-state index in [9.17, 15) is 4.79 Å². The summed E-state index contributed by atoms with van der Waals surface area (Å²) < 4.78 is 0. The highest BCUT2D eigenvalue weighted by Gasteiger charge is 2.29. The van der Waals surface area contributed by atoms with Gasteiger partial charge in [0.2, 0.25) is 0 Å². The third kappa shape index (κ3) is 0.756. The van der Waals surface area contributed by atoms with Gasteiger partial charge in [-0.2, -0.15) is 10.1 Å². The molecule has 1 unspecified atom stereocenters. The molecule has 56 valence electrons. The van der Waals surface area contributed by atoms with Gasteiger partial charge in [0, 0.05) is 5.57 Å². The van der Waals surface area contributed by atoms with E-state index in [2.05, 4.69) is 5.10 Å². The van der Waals surface area contributed by atoms with Crippen LogP contribution in [-0.2, 0) is 0 Å². The van der Waals surface area contributed by atoms with E-state index in [0.29, 0.717) is 0 Å². The summed E-state index contributed by atoms with van der Waals surface area (Å²) in [6.07, 6.45) is 6.05. The van der Waals surface area contributed by atoms with E-state index in [4.69, 9.17) is 5.11 Å². The Hall–Kier alpha value is -1.58. The van der Waals surface area contributed by atoms with E-state index in [1.165, 1.54) is 0 Å². The van der Waals surface area contributed by atoms with Gasteiger partial charge in [-0.15, -0.1) is 0 Å². The van der Waals surface area contributed by atoms with Crippen molar-refractivity contribution in [3.63, 3.8) is 0 Å². The molecule has 1 heterocycles. The highest BCUT2D eigenvalue weighted by molar-refractivity contribution is 5.88. The maximum Gasteiger partial charge on any atom is 0.428 e. The van der Waals surface area contributed by atoms with Gasteiger partial charge in [0.05, 0.1) is 6.21 Å². The number of carboxylic acid groups (broad SMARTS) is 1. The first kappa shape index (κ1) is 6.15. The minimum Gasteiger partial charge on any atom is -0.464 e. The fraction of sp³-hybridized carbons (Fsp3) is 0.143. The van der Waals surface area contributed by atoms with Crippen LogP contribution >= 0.6 is 0 Å². The van der Waals surface area contributed by atoms with E-state index < -0.39 is 6.09 Å². The van der Waals surface area contributed by atoms with Crippen molar-refractivity contribution in [2.24, 2.45) is 5.10 Å². The van der Waals surface area contributed by atoms with Gasteiger partial charge in [-0.05, 0) is 0 Å². The molecule has 11 heavy (non-hydrogen) atoms. The molecule has 2 aliphatic rings. The molecule has 0 saturated heterocycles. The van der Waals surface area contributed by atoms with Crippen molar-refractivity contribution in [2.45, 2.75) is 6.04 Å². The predicted octanol–water partition coefficient (Wildman–Crippen LogP) is 0.831. The fourth-order valence-electron chi connectivity index (χ4n) is 1.19. The van der Waals surface area contributed by atoms with Crippen LogP contribution in [0, 0.1) is 0 Å². The number of nitrogens with zero attached hydrogens (tertiary/aromatic N) is 2. The van der Waals surface area contributed by atoms with Crippen LogP contribution in [0.5, 0.6) is 0 Å². The summed E-state index contributed by atoms with van der Waals surface area (Å²) in [5, 5.41) is 13.4. The summed E-state index contributed by atoms with van der Waals surface area (Å²) in [5.74, 6) is 0. The van der Waals surface area contributed by atoms with Crippen LogP contribution in [0.4, 0.5) is 4.79 Å². The van der Waals surface area contributed by atoms with E-state index >= 15 is 0 Å². The number of rotatable bonds is 0. The highest BCUT2D eigenvalue weighted by atomic mass is 16.4. The number of hydrazone groups is 1. The summed E-state index contributed by atoms with van der Waals surface area (Å²) in [5.41, 5.74) is 0.937. The molecule has 1 aliphatic carbocycles. The lowest BCUT2D eigenvalue weighted by Gasteiger charge is -2.13. The van der Waals surface area contributed by atoms with Crippen molar-refractivity contribution < 1.29 is 9.90 Å². The molecule has 2 rings (SSSR count). The first-order valence-corrected chi connectivity index (χ1v) is 3.23. The molecule has 1 aliphatic heterocycles. The third-order valence-electron chi connectivity index (χ3n) is 1.71. The van der Waals surface area contributed by atoms with Gasteiger partial charge in [-0.3, -0.25) is 0 Å². The van der Waals surface area contributed by atoms with Gasteiger partial charge in [0.15, 0.2) is 0 Å². The SMILES string of the molecule is O=C(O)N1N=CC2=CC=CC21. The number of fused-ring (bicyclic) bond motifs is 1. The average Bonchev–Trinajstić information content (AvgIpc) is 2.41. The molecular weight excluding hydrogens is 144 g/mol. The van der Waals surface area contributed by atoms with Gasteiger partial charge >= 0.3 is 6.09 Å². The van der Waals surface area contributed by atoms with Gasteiger partial charge < -0.3 is 5.11 Å². The third-order valence-corrected chi connectivity index (χ3v) is 1.71. The van der Waals surface area contributed by atoms with Crippen LogP contribution in [0.2, 0.25) is 0 Å². The highest BCUT2D eigenvalue weighted by Crippen LogP contribution is 2.22. The second-order valence-corrected chi connectivity index (χ2v) is 2.37. The van der Waals surface area contributed by atoms with Crippen LogP contribution in [-0.4, -0.2) is 28.5 Å². The monoisotopic (exact) mass is 150 g/mol. The van der Waals surface area contributed by atoms with E-state index in [0.717, 1.165) is 10.6 Å². The molecule has 0 aromatic carbocycles. The second-order valence-electron chi connectivity index (χ2n) is 2.37. The van der Waals surface area contributed by atoms with Crippen molar-refractivity contribution >= 4 is 12.3 Å². The molecule has 4 heteroatoms. The summed E-state index contributed by atoms with van der Waals surface area (Å²) in [4.78, 5) is 10.5. The fourth-order valence-corrected chi connectivity index (χ4v) is 1.19. The van der Waals surface area contributed by atoms with E-state index in [1.54, 1.807) is 12.3 Å². The number of carbonyl (C=O) groups is 1. The van der Waals surface area contributed by atoms with Gasteiger partial charge in [0.25, 0.3) is 0 Å². The molecule has 4 nitrogen and oxygen atoms in total. The lowest BCUT2D eigenvalue weighted by molar-refractivity contribution is 0.146. The Morgan fingerprint density at radius 2 is 2.55 bits per heavy atom. The van der Waals surface area contributed by atoms with Crippen molar-refractivity contribution in [1.82, 2.24) is 5.01 Å². The summed E-state index contributed by atoms with van der Waals surface area (Å²) in [6, 6.07) is -0.174. The van der Waals surface area contributed by atoms with Crippen LogP contribution < -0.4 is 0 Å². The first-order valence-electron chi connectivity index (χ1n) is 3.23. The Kier molecular flexibility index (Phi) is 1.09. The van der Waals surface area contributed by atoms with Crippen molar-refractivity contribution in [1.29, 1.82) is 0 Å². The van der Waals surface area contributed by atoms with Crippen LogP contribution in [0.15, 0.2) is 28.9 Å². The molecule has 0 saturated carbocycles. The predicted molar refractivity (Wildman–Crippen MR) is 39.4 cm³/mol. The zero-order valence-electron chi connectivity index (χ0n) is 5.64. The molecule has 1 atom stereocenters.